The molecule has 0 saturated carbocycles. The van der Waals surface area contributed by atoms with Crippen molar-refractivity contribution in [2.24, 2.45) is 0 Å². The summed E-state index contributed by atoms with van der Waals surface area (Å²) >= 11 is 0. The molecule has 3 rings (SSSR count). The van der Waals surface area contributed by atoms with Gasteiger partial charge in [0.1, 0.15) is 12.4 Å². The number of amides is 1. The van der Waals surface area contributed by atoms with E-state index in [1.807, 2.05) is 13.8 Å². The number of hydrogen-bond acceptors (Lipinski definition) is 3. The van der Waals surface area contributed by atoms with Gasteiger partial charge in [0.05, 0.1) is 6.04 Å². The van der Waals surface area contributed by atoms with Crippen LogP contribution in [0.2, 0.25) is 0 Å². The molecular formula is C16H20F3N5O. The van der Waals surface area contributed by atoms with Crippen LogP contribution in [0.5, 0.6) is 0 Å². The summed E-state index contributed by atoms with van der Waals surface area (Å²) in [6.45, 7) is 6.33. The van der Waals surface area contributed by atoms with Gasteiger partial charge >= 0.3 is 6.18 Å². The lowest BCUT2D eigenvalue weighted by atomic mass is 10.2. The topological polar surface area (TPSA) is 56.0 Å². The van der Waals surface area contributed by atoms with Gasteiger partial charge in [-0.3, -0.25) is 9.48 Å². The summed E-state index contributed by atoms with van der Waals surface area (Å²) in [6, 6.07) is 1.11. The van der Waals surface area contributed by atoms with E-state index < -0.39 is 11.9 Å². The van der Waals surface area contributed by atoms with Crippen LogP contribution in [0.15, 0.2) is 12.3 Å². The van der Waals surface area contributed by atoms with Gasteiger partial charge in [-0.15, -0.1) is 0 Å². The molecule has 1 aliphatic rings. The zero-order valence-corrected chi connectivity index (χ0v) is 14.3. The number of alkyl halides is 3. The molecule has 0 bridgehead atoms. The molecule has 136 valence electrons. The quantitative estimate of drug-likeness (QED) is 0.850. The molecule has 0 aromatic carbocycles. The second-order valence-corrected chi connectivity index (χ2v) is 6.43. The minimum atomic E-state index is -4.51. The van der Waals surface area contributed by atoms with Crippen LogP contribution in [0.25, 0.3) is 0 Å². The molecule has 0 aliphatic carbocycles. The van der Waals surface area contributed by atoms with Crippen LogP contribution in [-0.4, -0.2) is 43.2 Å². The van der Waals surface area contributed by atoms with Crippen molar-refractivity contribution in [3.05, 3.63) is 35.2 Å². The number of carbonyl (C=O) groups excluding carboxylic acids is 1. The first kappa shape index (κ1) is 17.5. The zero-order chi connectivity index (χ0) is 18.4. The number of halogens is 3. The molecule has 1 fully saturated rings. The first-order valence-electron chi connectivity index (χ1n) is 8.06. The third-order valence-electron chi connectivity index (χ3n) is 4.60. The van der Waals surface area contributed by atoms with Gasteiger partial charge in [0.25, 0.3) is 0 Å². The molecule has 1 saturated heterocycles. The van der Waals surface area contributed by atoms with Crippen molar-refractivity contribution >= 4 is 5.91 Å². The van der Waals surface area contributed by atoms with E-state index in [1.165, 1.54) is 6.92 Å². The number of aromatic nitrogens is 4. The molecule has 6 nitrogen and oxygen atoms in total. The Morgan fingerprint density at radius 3 is 2.56 bits per heavy atom. The van der Waals surface area contributed by atoms with E-state index >= 15 is 0 Å². The van der Waals surface area contributed by atoms with Gasteiger partial charge < -0.3 is 9.47 Å². The number of nitrogens with zero attached hydrogens (tertiary/aromatic N) is 5. The Bertz CT molecular complexity index is 773. The maximum Gasteiger partial charge on any atom is 0.435 e. The lowest BCUT2D eigenvalue weighted by molar-refractivity contribution is -0.142. The van der Waals surface area contributed by atoms with Gasteiger partial charge in [-0.1, -0.05) is 0 Å². The fourth-order valence-corrected chi connectivity index (χ4v) is 3.33. The van der Waals surface area contributed by atoms with Crippen molar-refractivity contribution in [2.45, 2.75) is 46.0 Å². The number of rotatable bonds is 3. The van der Waals surface area contributed by atoms with E-state index in [2.05, 4.69) is 14.6 Å². The van der Waals surface area contributed by atoms with Gasteiger partial charge in [0.15, 0.2) is 5.69 Å². The summed E-state index contributed by atoms with van der Waals surface area (Å²) in [6.07, 6.45) is -1.91. The highest BCUT2D eigenvalue weighted by Crippen LogP contribution is 2.29. The Kier molecular flexibility index (Phi) is 4.34. The molecule has 1 aliphatic heterocycles. The fourth-order valence-electron chi connectivity index (χ4n) is 3.33. The Hall–Kier alpha value is -2.32. The van der Waals surface area contributed by atoms with Crippen molar-refractivity contribution in [3.63, 3.8) is 0 Å². The first-order chi connectivity index (χ1) is 11.7. The third-order valence-corrected chi connectivity index (χ3v) is 4.60. The molecule has 1 unspecified atom stereocenters. The van der Waals surface area contributed by atoms with Crippen LogP contribution in [0.1, 0.15) is 35.4 Å². The van der Waals surface area contributed by atoms with Crippen LogP contribution in [-0.2, 0) is 17.5 Å². The number of hydrogen-bond donors (Lipinski definition) is 0. The van der Waals surface area contributed by atoms with Crippen LogP contribution in [0, 0.1) is 20.8 Å². The number of likely N-dealkylation sites (tertiary alicyclic amines) is 1. The standard InChI is InChI=1S/C16H20F3N5O/c1-10-6-14(16(17,18)19)21-23(10)9-15(25)22-5-4-13(8-22)24-11(2)7-20-12(24)3/h6-7,13H,4-5,8-9H2,1-3H3. The minimum Gasteiger partial charge on any atom is -0.339 e. The van der Waals surface area contributed by atoms with Crippen LogP contribution >= 0.6 is 0 Å². The van der Waals surface area contributed by atoms with E-state index in [0.717, 1.165) is 28.7 Å². The molecule has 9 heteroatoms. The van der Waals surface area contributed by atoms with Crippen molar-refractivity contribution in [3.8, 4) is 0 Å². The Morgan fingerprint density at radius 2 is 2.00 bits per heavy atom. The maximum atomic E-state index is 12.7. The van der Waals surface area contributed by atoms with E-state index in [0.29, 0.717) is 18.8 Å². The fraction of sp³-hybridized carbons (Fsp3) is 0.562. The van der Waals surface area contributed by atoms with Crippen molar-refractivity contribution in [1.82, 2.24) is 24.2 Å². The van der Waals surface area contributed by atoms with Gasteiger partial charge in [-0.05, 0) is 33.3 Å². The summed E-state index contributed by atoms with van der Waals surface area (Å²) < 4.78 is 41.4. The number of aryl methyl sites for hydroxylation is 3. The average molecular weight is 355 g/mol. The molecule has 25 heavy (non-hydrogen) atoms. The maximum absolute atomic E-state index is 12.7. The summed E-state index contributed by atoms with van der Waals surface area (Å²) in [5.74, 6) is 0.674. The van der Waals surface area contributed by atoms with Crippen LogP contribution in [0.3, 0.4) is 0 Å². The highest BCUT2D eigenvalue weighted by Gasteiger charge is 2.35. The predicted octanol–water partition coefficient (Wildman–Crippen LogP) is 2.50. The predicted molar refractivity (Wildman–Crippen MR) is 83.9 cm³/mol. The third kappa shape index (κ3) is 3.40. The summed E-state index contributed by atoms with van der Waals surface area (Å²) in [5.41, 5.74) is 0.383. The molecule has 0 radical (unpaired) electrons. The Labute approximate surface area is 143 Å². The molecule has 1 amide bonds. The van der Waals surface area contributed by atoms with Crippen LogP contribution < -0.4 is 0 Å². The van der Waals surface area contributed by atoms with E-state index in [9.17, 15) is 18.0 Å². The smallest absolute Gasteiger partial charge is 0.339 e. The lowest BCUT2D eigenvalue weighted by Crippen LogP contribution is -2.33. The zero-order valence-electron chi connectivity index (χ0n) is 14.3. The average Bonchev–Trinajstić information content (AvgIpc) is 3.19. The second-order valence-electron chi connectivity index (χ2n) is 6.43. The normalized spacial score (nSPS) is 18.2. The Balaban J connectivity index is 1.68. The highest BCUT2D eigenvalue weighted by atomic mass is 19.4. The second kappa shape index (κ2) is 6.20. The monoisotopic (exact) mass is 355 g/mol. The van der Waals surface area contributed by atoms with Crippen molar-refractivity contribution in [2.75, 3.05) is 13.1 Å². The van der Waals surface area contributed by atoms with Gasteiger partial charge in [0.2, 0.25) is 5.91 Å². The van der Waals surface area contributed by atoms with Crippen molar-refractivity contribution < 1.29 is 18.0 Å². The number of carbonyl (C=O) groups is 1. The van der Waals surface area contributed by atoms with Crippen LogP contribution in [0.4, 0.5) is 13.2 Å². The van der Waals surface area contributed by atoms with Gasteiger partial charge in [0, 0.05) is 30.7 Å². The van der Waals surface area contributed by atoms with Crippen molar-refractivity contribution in [1.29, 1.82) is 0 Å². The first-order valence-corrected chi connectivity index (χ1v) is 8.06. The SMILES string of the molecule is Cc1cc(C(F)(F)F)nn1CC(=O)N1CCC(n2c(C)cnc2C)C1. The molecule has 0 N–H and O–H groups in total. The minimum absolute atomic E-state index is 0.149. The molecule has 2 aromatic heterocycles. The summed E-state index contributed by atoms with van der Waals surface area (Å²) in [5, 5.41) is 3.52. The molecular weight excluding hydrogens is 335 g/mol. The molecule has 1 atom stereocenters. The molecule has 0 spiro atoms. The Morgan fingerprint density at radius 1 is 1.28 bits per heavy atom. The summed E-state index contributed by atoms with van der Waals surface area (Å²) in [4.78, 5) is 18.4. The van der Waals surface area contributed by atoms with Gasteiger partial charge in [-0.25, -0.2) is 4.98 Å². The summed E-state index contributed by atoms with van der Waals surface area (Å²) in [7, 11) is 0. The van der Waals surface area contributed by atoms with E-state index in [-0.39, 0.29) is 18.5 Å². The largest absolute Gasteiger partial charge is 0.435 e. The lowest BCUT2D eigenvalue weighted by Gasteiger charge is -2.19. The molecule has 3 heterocycles. The highest BCUT2D eigenvalue weighted by molar-refractivity contribution is 5.76. The molecule has 2 aromatic rings. The van der Waals surface area contributed by atoms with E-state index in [1.54, 1.807) is 11.1 Å². The van der Waals surface area contributed by atoms with Gasteiger partial charge in [-0.2, -0.15) is 18.3 Å². The number of imidazole rings is 1. The van der Waals surface area contributed by atoms with E-state index in [4.69, 9.17) is 0 Å².